The highest BCUT2D eigenvalue weighted by Crippen LogP contribution is 2.23. The number of β-amino-alcohol motifs (C(OH)–C–C–N with tert-alkyl or cyclic N) is 1. The van der Waals surface area contributed by atoms with E-state index in [0.29, 0.717) is 12.3 Å². The molecule has 1 heterocycles. The fourth-order valence-corrected chi connectivity index (χ4v) is 2.26. The molecule has 16 heavy (non-hydrogen) atoms. The predicted octanol–water partition coefficient (Wildman–Crippen LogP) is -0.593. The zero-order valence-corrected chi connectivity index (χ0v) is 9.90. The number of hydrogen-bond donors (Lipinski definition) is 2. The van der Waals surface area contributed by atoms with E-state index >= 15 is 0 Å². The lowest BCUT2D eigenvalue weighted by atomic mass is 10.2. The summed E-state index contributed by atoms with van der Waals surface area (Å²) in [6.07, 6.45) is -0.423. The van der Waals surface area contributed by atoms with Crippen molar-refractivity contribution in [3.63, 3.8) is 0 Å². The van der Waals surface area contributed by atoms with Crippen molar-refractivity contribution in [2.45, 2.75) is 18.6 Å². The zero-order chi connectivity index (χ0) is 12.1. The van der Waals surface area contributed by atoms with Crippen molar-refractivity contribution >= 4 is 23.0 Å². The first-order valence-corrected chi connectivity index (χ1v) is 5.98. The summed E-state index contributed by atoms with van der Waals surface area (Å²) in [5.74, 6) is 0.0116. The molecule has 0 saturated carbocycles. The Labute approximate surface area is 98.1 Å². The minimum absolute atomic E-state index is 0.177. The van der Waals surface area contributed by atoms with Crippen molar-refractivity contribution in [2.75, 3.05) is 26.0 Å². The van der Waals surface area contributed by atoms with Crippen LogP contribution in [-0.4, -0.2) is 59.3 Å². The van der Waals surface area contributed by atoms with Gasteiger partial charge < -0.3 is 20.5 Å². The van der Waals surface area contributed by atoms with Crippen LogP contribution in [0.2, 0.25) is 0 Å². The standard InChI is InChI=1S/C9H16N2O4S/c1-15-8(13)7-4-6(12)5-11(7)9(14)16-3-2-10/h6-7,12H,2-5,10H2,1H3/t6-,7?/m0/s1. The Morgan fingerprint density at radius 1 is 1.62 bits per heavy atom. The zero-order valence-electron chi connectivity index (χ0n) is 9.09. The van der Waals surface area contributed by atoms with Gasteiger partial charge in [0.25, 0.3) is 5.24 Å². The van der Waals surface area contributed by atoms with Crippen molar-refractivity contribution in [2.24, 2.45) is 5.73 Å². The molecule has 7 heteroatoms. The highest BCUT2D eigenvalue weighted by molar-refractivity contribution is 8.13. The fraction of sp³-hybridized carbons (Fsp3) is 0.778. The fourth-order valence-electron chi connectivity index (χ4n) is 1.60. The average Bonchev–Trinajstić information content (AvgIpc) is 2.67. The number of carbonyl (C=O) groups is 2. The van der Waals surface area contributed by atoms with Crippen molar-refractivity contribution in [3.05, 3.63) is 0 Å². The Morgan fingerprint density at radius 3 is 2.88 bits per heavy atom. The Bertz CT molecular complexity index is 274. The number of thioether (sulfide) groups is 1. The normalized spacial score (nSPS) is 24.6. The van der Waals surface area contributed by atoms with Gasteiger partial charge in [0.2, 0.25) is 0 Å². The molecule has 6 nitrogen and oxygen atoms in total. The Morgan fingerprint density at radius 2 is 2.31 bits per heavy atom. The van der Waals surface area contributed by atoms with Gasteiger partial charge in [0.05, 0.1) is 13.2 Å². The van der Waals surface area contributed by atoms with Crippen LogP contribution >= 0.6 is 11.8 Å². The van der Waals surface area contributed by atoms with Crippen LogP contribution in [0.3, 0.4) is 0 Å². The molecule has 0 spiro atoms. The number of esters is 1. The molecule has 1 unspecified atom stereocenters. The van der Waals surface area contributed by atoms with Crippen LogP contribution in [0.15, 0.2) is 0 Å². The molecule has 0 bridgehead atoms. The van der Waals surface area contributed by atoms with Crippen LogP contribution in [0.25, 0.3) is 0 Å². The highest BCUT2D eigenvalue weighted by atomic mass is 32.2. The van der Waals surface area contributed by atoms with Crippen molar-refractivity contribution < 1.29 is 19.4 Å². The minimum atomic E-state index is -0.669. The summed E-state index contributed by atoms with van der Waals surface area (Å²) in [6, 6.07) is -0.669. The molecule has 1 fully saturated rings. The van der Waals surface area contributed by atoms with Crippen LogP contribution in [0, 0.1) is 0 Å². The van der Waals surface area contributed by atoms with Gasteiger partial charge in [-0.2, -0.15) is 0 Å². The third-order valence-electron chi connectivity index (χ3n) is 2.33. The van der Waals surface area contributed by atoms with Gasteiger partial charge in [0, 0.05) is 25.3 Å². The largest absolute Gasteiger partial charge is 0.467 e. The van der Waals surface area contributed by atoms with E-state index in [2.05, 4.69) is 4.74 Å². The molecule has 2 atom stereocenters. The summed E-state index contributed by atoms with van der Waals surface area (Å²) in [7, 11) is 1.27. The van der Waals surface area contributed by atoms with Crippen molar-refractivity contribution in [1.29, 1.82) is 0 Å². The number of amides is 1. The molecular weight excluding hydrogens is 232 g/mol. The second kappa shape index (κ2) is 6.07. The molecule has 92 valence electrons. The average molecular weight is 248 g/mol. The van der Waals surface area contributed by atoms with Gasteiger partial charge in [-0.1, -0.05) is 11.8 Å². The first-order valence-electron chi connectivity index (χ1n) is 4.99. The maximum Gasteiger partial charge on any atom is 0.328 e. The molecule has 1 amide bonds. The van der Waals surface area contributed by atoms with Crippen LogP contribution in [0.1, 0.15) is 6.42 Å². The molecule has 3 N–H and O–H groups in total. The summed E-state index contributed by atoms with van der Waals surface area (Å²) >= 11 is 1.05. The van der Waals surface area contributed by atoms with Crippen molar-refractivity contribution in [3.8, 4) is 0 Å². The molecular formula is C9H16N2O4S. The Balaban J connectivity index is 2.61. The van der Waals surface area contributed by atoms with Crippen LogP contribution in [0.5, 0.6) is 0 Å². The number of methoxy groups -OCH3 is 1. The predicted molar refractivity (Wildman–Crippen MR) is 60.0 cm³/mol. The smallest absolute Gasteiger partial charge is 0.328 e. The lowest BCUT2D eigenvalue weighted by Gasteiger charge is -2.21. The molecule has 0 aromatic heterocycles. The first kappa shape index (κ1) is 13.3. The van der Waals surface area contributed by atoms with E-state index in [1.807, 2.05) is 0 Å². The number of ether oxygens (including phenoxy) is 1. The summed E-state index contributed by atoms with van der Waals surface area (Å²) in [4.78, 5) is 24.4. The van der Waals surface area contributed by atoms with E-state index in [4.69, 9.17) is 5.73 Å². The van der Waals surface area contributed by atoms with Gasteiger partial charge in [0.1, 0.15) is 6.04 Å². The summed E-state index contributed by atoms with van der Waals surface area (Å²) in [5.41, 5.74) is 5.29. The topological polar surface area (TPSA) is 92.9 Å². The maximum atomic E-state index is 11.7. The molecule has 0 aromatic rings. The third-order valence-corrected chi connectivity index (χ3v) is 3.25. The number of hydrogen-bond acceptors (Lipinski definition) is 6. The lowest BCUT2D eigenvalue weighted by Crippen LogP contribution is -2.39. The number of carbonyl (C=O) groups excluding carboxylic acids is 2. The molecule has 0 aliphatic carbocycles. The van der Waals surface area contributed by atoms with E-state index in [0.717, 1.165) is 11.8 Å². The molecule has 1 aliphatic rings. The molecule has 0 radical (unpaired) electrons. The monoisotopic (exact) mass is 248 g/mol. The number of nitrogens with two attached hydrogens (primary N) is 1. The van der Waals surface area contributed by atoms with Crippen LogP contribution in [-0.2, 0) is 9.53 Å². The van der Waals surface area contributed by atoms with E-state index in [1.165, 1.54) is 12.0 Å². The molecule has 0 aromatic carbocycles. The van der Waals surface area contributed by atoms with Crippen LogP contribution in [0.4, 0.5) is 4.79 Å². The summed E-state index contributed by atoms with van der Waals surface area (Å²) in [5, 5.41) is 9.21. The SMILES string of the molecule is COC(=O)C1C[C@H](O)CN1C(=O)SCCN. The number of likely N-dealkylation sites (tertiary alicyclic amines) is 1. The van der Waals surface area contributed by atoms with E-state index in [9.17, 15) is 14.7 Å². The van der Waals surface area contributed by atoms with Gasteiger partial charge in [-0.3, -0.25) is 4.79 Å². The van der Waals surface area contributed by atoms with E-state index in [1.54, 1.807) is 0 Å². The van der Waals surface area contributed by atoms with Gasteiger partial charge in [-0.15, -0.1) is 0 Å². The summed E-state index contributed by atoms with van der Waals surface area (Å²) in [6.45, 7) is 0.575. The Kier molecular flexibility index (Phi) is 5.04. The number of rotatable bonds is 3. The number of aliphatic hydroxyl groups is 1. The second-order valence-corrected chi connectivity index (χ2v) is 4.53. The molecule has 1 saturated heterocycles. The quantitative estimate of drug-likeness (QED) is 0.648. The van der Waals surface area contributed by atoms with Crippen molar-refractivity contribution in [1.82, 2.24) is 4.90 Å². The molecule has 1 rings (SSSR count). The Hall–Kier alpha value is -0.790. The number of nitrogens with zero attached hydrogens (tertiary/aromatic N) is 1. The van der Waals surface area contributed by atoms with Gasteiger partial charge in [-0.25, -0.2) is 4.79 Å². The van der Waals surface area contributed by atoms with E-state index < -0.39 is 18.1 Å². The molecule has 1 aliphatic heterocycles. The first-order chi connectivity index (χ1) is 7.60. The highest BCUT2D eigenvalue weighted by Gasteiger charge is 2.39. The van der Waals surface area contributed by atoms with E-state index in [-0.39, 0.29) is 18.2 Å². The third kappa shape index (κ3) is 3.10. The number of aliphatic hydroxyl groups excluding tert-OH is 1. The van der Waals surface area contributed by atoms with Gasteiger partial charge in [-0.05, 0) is 0 Å². The minimum Gasteiger partial charge on any atom is -0.467 e. The second-order valence-electron chi connectivity index (χ2n) is 3.48. The lowest BCUT2D eigenvalue weighted by molar-refractivity contribution is -0.144. The van der Waals surface area contributed by atoms with Gasteiger partial charge in [0.15, 0.2) is 0 Å². The van der Waals surface area contributed by atoms with Gasteiger partial charge >= 0.3 is 5.97 Å². The maximum absolute atomic E-state index is 11.7. The van der Waals surface area contributed by atoms with Crippen LogP contribution < -0.4 is 5.73 Å². The summed E-state index contributed by atoms with van der Waals surface area (Å²) < 4.78 is 4.59.